The maximum atomic E-state index is 6.28. The Hall–Kier alpha value is -0.0600. The Morgan fingerprint density at radius 3 is 2.61 bits per heavy atom. The molecule has 0 radical (unpaired) electrons. The molecule has 2 rings (SSSR count). The van der Waals surface area contributed by atoms with Crippen molar-refractivity contribution in [1.82, 2.24) is 5.32 Å². The molecule has 1 nitrogen and oxygen atoms in total. The van der Waals surface area contributed by atoms with Crippen molar-refractivity contribution in [1.29, 1.82) is 0 Å². The summed E-state index contributed by atoms with van der Waals surface area (Å²) in [7, 11) is 1.94. The number of likely N-dealkylation sites (N-methyl/N-ethyl adjacent to an activating group) is 1. The summed E-state index contributed by atoms with van der Waals surface area (Å²) in [6.45, 7) is 0. The molecule has 96 valence electrons. The number of thiophene rings is 1. The van der Waals surface area contributed by atoms with Crippen molar-refractivity contribution in [2.45, 2.75) is 12.5 Å². The molecule has 0 saturated carbocycles. The molecule has 1 heterocycles. The molecule has 0 bridgehead atoms. The molecule has 0 spiro atoms. The van der Waals surface area contributed by atoms with Gasteiger partial charge in [-0.1, -0.05) is 45.2 Å². The highest BCUT2D eigenvalue weighted by Gasteiger charge is 2.14. The topological polar surface area (TPSA) is 12.0 Å². The number of hydrogen-bond acceptors (Lipinski definition) is 2. The maximum absolute atomic E-state index is 6.28. The van der Waals surface area contributed by atoms with Crippen molar-refractivity contribution in [3.05, 3.63) is 54.6 Å². The van der Waals surface area contributed by atoms with Crippen LogP contribution >= 0.6 is 50.5 Å². The molecule has 0 saturated heterocycles. The first-order valence-electron chi connectivity index (χ1n) is 5.46. The molecule has 0 amide bonds. The van der Waals surface area contributed by atoms with Crippen molar-refractivity contribution < 1.29 is 0 Å². The molecule has 5 heteroatoms. The average molecular weight is 365 g/mol. The van der Waals surface area contributed by atoms with Gasteiger partial charge in [0.2, 0.25) is 0 Å². The van der Waals surface area contributed by atoms with Crippen molar-refractivity contribution in [2.75, 3.05) is 7.05 Å². The Balaban J connectivity index is 2.22. The summed E-state index contributed by atoms with van der Waals surface area (Å²) < 4.78 is 1.81. The second-order valence-corrected chi connectivity index (χ2v) is 7.04. The first-order chi connectivity index (χ1) is 8.60. The number of benzene rings is 1. The summed E-state index contributed by atoms with van der Waals surface area (Å²) in [4.78, 5) is 1.25. The van der Waals surface area contributed by atoms with E-state index in [1.165, 1.54) is 4.88 Å². The predicted molar refractivity (Wildman–Crippen MR) is 84.0 cm³/mol. The number of nitrogens with one attached hydrogen (secondary N) is 1. The van der Waals surface area contributed by atoms with Crippen LogP contribution in [0.15, 0.2) is 34.8 Å². The summed E-state index contributed by atoms with van der Waals surface area (Å²) in [5.41, 5.74) is 1.10. The molecule has 0 aliphatic rings. The zero-order valence-electron chi connectivity index (χ0n) is 9.71. The van der Waals surface area contributed by atoms with Gasteiger partial charge in [-0.2, -0.15) is 0 Å². The number of halogens is 3. The average Bonchev–Trinajstić information content (AvgIpc) is 2.72. The predicted octanol–water partition coefficient (Wildman–Crippen LogP) is 5.32. The molecular weight excluding hydrogens is 353 g/mol. The first kappa shape index (κ1) is 14.4. The quantitative estimate of drug-likeness (QED) is 0.773. The highest BCUT2D eigenvalue weighted by atomic mass is 79.9. The van der Waals surface area contributed by atoms with E-state index in [-0.39, 0.29) is 6.04 Å². The van der Waals surface area contributed by atoms with Gasteiger partial charge in [0.25, 0.3) is 0 Å². The highest BCUT2D eigenvalue weighted by molar-refractivity contribution is 9.10. The molecule has 18 heavy (non-hydrogen) atoms. The van der Waals surface area contributed by atoms with E-state index in [1.807, 2.05) is 31.3 Å². The summed E-state index contributed by atoms with van der Waals surface area (Å²) >= 11 is 17.3. The summed E-state index contributed by atoms with van der Waals surface area (Å²) in [5, 5.41) is 4.07. The van der Waals surface area contributed by atoms with E-state index in [0.29, 0.717) is 0 Å². The Morgan fingerprint density at radius 1 is 1.28 bits per heavy atom. The minimum atomic E-state index is 0.195. The van der Waals surface area contributed by atoms with Crippen molar-refractivity contribution in [2.24, 2.45) is 0 Å². The van der Waals surface area contributed by atoms with Crippen LogP contribution in [0.5, 0.6) is 0 Å². The lowest BCUT2D eigenvalue weighted by atomic mass is 10.0. The van der Waals surface area contributed by atoms with Crippen molar-refractivity contribution in [3.8, 4) is 0 Å². The fourth-order valence-electron chi connectivity index (χ4n) is 1.81. The van der Waals surface area contributed by atoms with Gasteiger partial charge in [0, 0.05) is 26.8 Å². The van der Waals surface area contributed by atoms with Gasteiger partial charge in [0.1, 0.15) is 0 Å². The van der Waals surface area contributed by atoms with Gasteiger partial charge in [-0.15, -0.1) is 11.3 Å². The minimum absolute atomic E-state index is 0.195. The third kappa shape index (κ3) is 3.49. The third-order valence-corrected chi connectivity index (χ3v) is 4.79. The number of rotatable bonds is 4. The van der Waals surface area contributed by atoms with Crippen LogP contribution in [0.1, 0.15) is 16.5 Å². The van der Waals surface area contributed by atoms with E-state index in [1.54, 1.807) is 11.3 Å². The van der Waals surface area contributed by atoms with Crippen molar-refractivity contribution >= 4 is 50.5 Å². The molecule has 1 unspecified atom stereocenters. The molecule has 0 aliphatic heterocycles. The van der Waals surface area contributed by atoms with E-state index < -0.39 is 0 Å². The van der Waals surface area contributed by atoms with E-state index in [0.717, 1.165) is 25.8 Å². The standard InChI is InChI=1S/C13H12BrCl2NS/c1-17-12(7-9-3-5-13(16)18-9)10-4-2-8(14)6-11(10)15/h2-6,12,17H,7H2,1H3. The molecule has 0 fully saturated rings. The van der Waals surface area contributed by atoms with E-state index >= 15 is 0 Å². The third-order valence-electron chi connectivity index (χ3n) is 2.72. The van der Waals surface area contributed by atoms with Crippen LogP contribution in [-0.2, 0) is 6.42 Å². The van der Waals surface area contributed by atoms with E-state index in [4.69, 9.17) is 23.2 Å². The minimum Gasteiger partial charge on any atom is -0.313 e. The zero-order chi connectivity index (χ0) is 13.1. The molecule has 1 aromatic heterocycles. The van der Waals surface area contributed by atoms with Crippen LogP contribution in [0.4, 0.5) is 0 Å². The number of hydrogen-bond donors (Lipinski definition) is 1. The van der Waals surface area contributed by atoms with Crippen LogP contribution < -0.4 is 5.32 Å². The van der Waals surface area contributed by atoms with Gasteiger partial charge in [0.15, 0.2) is 0 Å². The van der Waals surface area contributed by atoms with Gasteiger partial charge >= 0.3 is 0 Å². The SMILES string of the molecule is CNC(Cc1ccc(Cl)s1)c1ccc(Br)cc1Cl. The lowest BCUT2D eigenvalue weighted by molar-refractivity contribution is 0.597. The van der Waals surface area contributed by atoms with Gasteiger partial charge in [0.05, 0.1) is 4.34 Å². The zero-order valence-corrected chi connectivity index (χ0v) is 13.6. The van der Waals surface area contributed by atoms with Crippen LogP contribution in [-0.4, -0.2) is 7.05 Å². The lowest BCUT2D eigenvalue weighted by Gasteiger charge is -2.17. The van der Waals surface area contributed by atoms with Crippen LogP contribution in [0.3, 0.4) is 0 Å². The molecular formula is C13H12BrCl2NS. The Kier molecular flexibility index (Phi) is 5.10. The maximum Gasteiger partial charge on any atom is 0.0931 e. The second kappa shape index (κ2) is 6.40. The van der Waals surface area contributed by atoms with Gasteiger partial charge in [-0.05, 0) is 36.9 Å². The van der Waals surface area contributed by atoms with E-state index in [2.05, 4.69) is 27.3 Å². The second-order valence-electron chi connectivity index (χ2n) is 3.92. The summed E-state index contributed by atoms with van der Waals surface area (Å²) in [6, 6.07) is 10.2. The van der Waals surface area contributed by atoms with Gasteiger partial charge in [-0.25, -0.2) is 0 Å². The van der Waals surface area contributed by atoms with Crippen LogP contribution in [0.25, 0.3) is 0 Å². The van der Waals surface area contributed by atoms with Gasteiger partial charge < -0.3 is 5.32 Å². The highest BCUT2D eigenvalue weighted by Crippen LogP contribution is 2.31. The lowest BCUT2D eigenvalue weighted by Crippen LogP contribution is -2.18. The molecule has 0 aliphatic carbocycles. The Morgan fingerprint density at radius 2 is 2.06 bits per heavy atom. The largest absolute Gasteiger partial charge is 0.313 e. The van der Waals surface area contributed by atoms with Crippen LogP contribution in [0, 0.1) is 0 Å². The molecule has 1 atom stereocenters. The van der Waals surface area contributed by atoms with Crippen LogP contribution in [0.2, 0.25) is 9.36 Å². The van der Waals surface area contributed by atoms with Gasteiger partial charge in [-0.3, -0.25) is 0 Å². The monoisotopic (exact) mass is 363 g/mol. The molecule has 1 aromatic carbocycles. The Bertz CT molecular complexity index is 542. The summed E-state index contributed by atoms with van der Waals surface area (Å²) in [5.74, 6) is 0. The smallest absolute Gasteiger partial charge is 0.0931 e. The normalized spacial score (nSPS) is 12.7. The molecule has 2 aromatic rings. The fourth-order valence-corrected chi connectivity index (χ4v) is 3.75. The fraction of sp³-hybridized carbons (Fsp3) is 0.231. The first-order valence-corrected chi connectivity index (χ1v) is 7.83. The Labute approximate surface area is 129 Å². The molecule has 1 N–H and O–H groups in total. The van der Waals surface area contributed by atoms with Crippen molar-refractivity contribution in [3.63, 3.8) is 0 Å². The van der Waals surface area contributed by atoms with E-state index in [9.17, 15) is 0 Å². The summed E-state index contributed by atoms with van der Waals surface area (Å²) in [6.07, 6.45) is 0.884.